The average molecular weight is 1920 g/mol. The number of methoxy groups -OCH3 is 2. The van der Waals surface area contributed by atoms with Crippen molar-refractivity contribution in [2.24, 2.45) is 22.2 Å². The summed E-state index contributed by atoms with van der Waals surface area (Å²) in [5.41, 5.74) is 0.478. The second-order valence-corrected chi connectivity index (χ2v) is 41.5. The highest BCUT2D eigenvalue weighted by Gasteiger charge is 2.67. The zero-order valence-corrected chi connectivity index (χ0v) is 80.5. The Bertz CT molecular complexity index is 6160. The minimum Gasteiger partial charge on any atom is -0.493 e. The smallest absolute Gasteiger partial charge is 0.387 e. The second-order valence-electron chi connectivity index (χ2n) is 39.6. The van der Waals surface area contributed by atoms with Crippen LogP contribution in [0, 0.1) is 45.1 Å². The van der Waals surface area contributed by atoms with Crippen LogP contribution in [0.4, 0.5) is 60.5 Å². The summed E-state index contributed by atoms with van der Waals surface area (Å²) in [7, 11) is 3.10. The largest absolute Gasteiger partial charge is 0.493 e. The topological polar surface area (TPSA) is 306 Å². The molecule has 0 radical (unpaired) electrons. The molecule has 6 aromatic carbocycles. The molecule has 706 valence electrons. The molecule has 3 atom stereocenters. The van der Waals surface area contributed by atoms with E-state index in [2.05, 4.69) is 56.2 Å². The summed E-state index contributed by atoms with van der Waals surface area (Å²) in [5.74, 6) is -4.14. The van der Waals surface area contributed by atoms with Gasteiger partial charge < -0.3 is 42.2 Å². The quantitative estimate of drug-likeness (QED) is 0.0305. The van der Waals surface area contributed by atoms with E-state index in [-0.39, 0.29) is 102 Å². The molecule has 5 amide bonds. The van der Waals surface area contributed by atoms with Crippen LogP contribution in [-0.2, 0) is 40.7 Å². The molecule has 4 aliphatic rings. The number of nitrogens with zero attached hydrogens (tertiary/aromatic N) is 11. The highest BCUT2D eigenvalue weighted by molar-refractivity contribution is 6.51. The summed E-state index contributed by atoms with van der Waals surface area (Å²) in [6.07, 6.45) is 9.46. The van der Waals surface area contributed by atoms with E-state index in [4.69, 9.17) is 72.7 Å². The molecular weight excluding hydrogens is 1810 g/mol. The lowest BCUT2D eigenvalue weighted by Crippen LogP contribution is -2.60. The van der Waals surface area contributed by atoms with Crippen LogP contribution in [-0.4, -0.2) is 115 Å². The third-order valence-corrected chi connectivity index (χ3v) is 24.7. The molecule has 131 heavy (non-hydrogen) atoms. The molecule has 0 bridgehead atoms. The van der Waals surface area contributed by atoms with E-state index in [0.717, 1.165) is 87.3 Å². The van der Waals surface area contributed by atoms with E-state index in [1.165, 1.54) is 37.4 Å². The number of hydrogen-bond donors (Lipinski definition) is 6. The van der Waals surface area contributed by atoms with Crippen LogP contribution in [0.25, 0.3) is 55.2 Å². The lowest BCUT2D eigenvalue weighted by atomic mass is 9.67. The Kier molecular flexibility index (Phi) is 30.6. The number of carbonyl (C=O) groups is 5. The predicted octanol–water partition coefficient (Wildman–Crippen LogP) is 25.0. The number of aliphatic hydroxyl groups is 1. The minimum atomic E-state index is -3.45. The van der Waals surface area contributed by atoms with E-state index >= 15 is 0 Å². The Morgan fingerprint density at radius 1 is 0.511 bits per heavy atom. The fourth-order valence-corrected chi connectivity index (χ4v) is 17.2. The second kappa shape index (κ2) is 39.6. The summed E-state index contributed by atoms with van der Waals surface area (Å²) in [4.78, 5) is 84.4. The van der Waals surface area contributed by atoms with Gasteiger partial charge >= 0.3 is 6.61 Å². The van der Waals surface area contributed by atoms with E-state index in [0.29, 0.717) is 103 Å². The number of anilines is 5. The number of carbonyl (C=O) groups excluding carboxylic acids is 5. The van der Waals surface area contributed by atoms with Crippen LogP contribution in [0.3, 0.4) is 0 Å². The van der Waals surface area contributed by atoms with Crippen LogP contribution in [0.2, 0.25) is 25.1 Å². The van der Waals surface area contributed by atoms with E-state index in [9.17, 15) is 59.8 Å². The first kappa shape index (κ1) is 101. The number of halogens is 12. The third-order valence-electron chi connectivity index (χ3n) is 22.8. The number of alkyl halides is 5. The van der Waals surface area contributed by atoms with Crippen molar-refractivity contribution in [1.29, 1.82) is 5.26 Å². The van der Waals surface area contributed by atoms with Gasteiger partial charge in [-0.2, -0.15) is 14.0 Å². The molecular formula is C94H112Cl5F7N16O9. The van der Waals surface area contributed by atoms with Gasteiger partial charge in [0, 0.05) is 73.3 Å². The number of hydrogen-bond acceptors (Lipinski definition) is 15. The Labute approximate surface area is 780 Å². The number of nitrogens with one attached hydrogen (secondary N) is 5. The van der Waals surface area contributed by atoms with Gasteiger partial charge in [0.15, 0.2) is 23.0 Å². The predicted molar refractivity (Wildman–Crippen MR) is 500 cm³/mol. The van der Waals surface area contributed by atoms with Crippen molar-refractivity contribution in [3.63, 3.8) is 0 Å². The maximum Gasteiger partial charge on any atom is 0.387 e. The Hall–Kier alpha value is -10.2. The van der Waals surface area contributed by atoms with Crippen LogP contribution in [0.15, 0.2) is 84.9 Å². The molecule has 37 heteroatoms. The van der Waals surface area contributed by atoms with Gasteiger partial charge in [0.05, 0.1) is 85.5 Å². The van der Waals surface area contributed by atoms with Crippen LogP contribution < -0.4 is 40.8 Å². The van der Waals surface area contributed by atoms with Gasteiger partial charge in [0.25, 0.3) is 5.92 Å². The molecule has 15 rings (SSSR count). The molecule has 0 aliphatic heterocycles. The molecule has 0 saturated heterocycles. The van der Waals surface area contributed by atoms with Crippen molar-refractivity contribution in [1.82, 2.24) is 47.8 Å². The first-order valence-electron chi connectivity index (χ1n) is 43.1. The molecule has 4 aliphatic carbocycles. The Morgan fingerprint density at radius 2 is 0.954 bits per heavy atom. The zero-order chi connectivity index (χ0) is 96.7. The number of imidazole rings is 5. The number of amides is 5. The van der Waals surface area contributed by atoms with Crippen molar-refractivity contribution < 1.29 is 74.0 Å². The lowest BCUT2D eigenvalue weighted by molar-refractivity contribution is -0.242. The molecule has 4 fully saturated rings. The number of nitriles is 1. The monoisotopic (exact) mass is 1920 g/mol. The molecule has 4 saturated carbocycles. The fraction of sp³-hybridized carbons (Fsp3) is 0.500. The maximum absolute atomic E-state index is 14.3. The van der Waals surface area contributed by atoms with Gasteiger partial charge in [-0.05, 0) is 184 Å². The van der Waals surface area contributed by atoms with Gasteiger partial charge in [-0.3, -0.25) is 50.6 Å². The summed E-state index contributed by atoms with van der Waals surface area (Å²) in [6.45, 7) is 28.7. The number of benzene rings is 6. The van der Waals surface area contributed by atoms with Crippen LogP contribution in [0.1, 0.15) is 243 Å². The van der Waals surface area contributed by atoms with Crippen molar-refractivity contribution in [3.8, 4) is 23.3 Å². The summed E-state index contributed by atoms with van der Waals surface area (Å²) < 4.78 is 119. The number of rotatable bonds is 20. The van der Waals surface area contributed by atoms with Crippen molar-refractivity contribution in [2.45, 2.75) is 267 Å². The summed E-state index contributed by atoms with van der Waals surface area (Å²) >= 11 is 31.7. The highest BCUT2D eigenvalue weighted by atomic mass is 35.5. The van der Waals surface area contributed by atoms with Crippen LogP contribution in [0.5, 0.6) is 17.2 Å². The number of ether oxygens (including phenoxy) is 3. The molecule has 0 spiro atoms. The van der Waals surface area contributed by atoms with Gasteiger partial charge in [-0.25, -0.2) is 46.9 Å². The zero-order valence-electron chi connectivity index (χ0n) is 76.7. The molecule has 6 N–H and O–H groups in total. The first-order chi connectivity index (χ1) is 60.9. The van der Waals surface area contributed by atoms with Crippen LogP contribution >= 0.6 is 58.0 Å². The number of fused-ring (bicyclic) bond motifs is 5. The third kappa shape index (κ3) is 23.5. The van der Waals surface area contributed by atoms with E-state index in [1.54, 1.807) is 86.4 Å². The van der Waals surface area contributed by atoms with Crippen molar-refractivity contribution in [3.05, 3.63) is 133 Å². The molecule has 5 aromatic heterocycles. The van der Waals surface area contributed by atoms with Crippen molar-refractivity contribution >= 4 is 172 Å². The van der Waals surface area contributed by atoms with Gasteiger partial charge in [-0.15, -0.1) is 0 Å². The SMILES string of the molecule is CC(C)(C)CC(=O)Nc1nc2ccc(F)cc2n1C1CCC1.CC(C)(C)n1c(NC(=O)CC2CC(F)(F)C2(C)F)nc2c(F)cc(C#N)cc21.CC(O)(CC(=O)Nc1nc2ccc(OC(F)F)cc2n1C(C)(C)C)c1ccccc1.COc1c(Cl)c(Cl)c(Cl)c2nc(NC(=O)CC(C)(C)C)n(C3CCC3)c12.COc1c(Cl)cc(Cl)c2nc(NC(=O)CC(C)(C)C)n(C3CCC3)c12. The normalized spacial score (nSPS) is 16.9. The molecule has 11 aromatic rings. The summed E-state index contributed by atoms with van der Waals surface area (Å²) in [6, 6.07) is 24.7. The Balaban J connectivity index is 0.000000159. The summed E-state index contributed by atoms with van der Waals surface area (Å²) in [5, 5.41) is 35.5. The molecule has 3 unspecified atom stereocenters. The average Bonchev–Trinajstić information content (AvgIpc) is 1.71. The minimum absolute atomic E-state index is 0.00721. The molecule has 25 nitrogen and oxygen atoms in total. The highest BCUT2D eigenvalue weighted by Crippen LogP contribution is 2.56. The molecule has 5 heterocycles. The van der Waals surface area contributed by atoms with Gasteiger partial charge in [0.1, 0.15) is 44.2 Å². The lowest BCUT2D eigenvalue weighted by Gasteiger charge is -2.47. The Morgan fingerprint density at radius 3 is 1.43 bits per heavy atom. The first-order valence-corrected chi connectivity index (χ1v) is 45.0. The van der Waals surface area contributed by atoms with Crippen molar-refractivity contribution in [2.75, 3.05) is 40.8 Å². The van der Waals surface area contributed by atoms with Gasteiger partial charge in [-0.1, -0.05) is 151 Å². The van der Waals surface area contributed by atoms with E-state index in [1.807, 2.05) is 109 Å². The van der Waals surface area contributed by atoms with E-state index < -0.39 is 71.3 Å². The maximum atomic E-state index is 14.3. The van der Waals surface area contributed by atoms with Gasteiger partial charge in [0.2, 0.25) is 59.3 Å². The fourth-order valence-electron chi connectivity index (χ4n) is 15.9. The number of aromatic nitrogens is 10. The standard InChI is InChI=1S/C22H25F2N3O3.C19H20F4N4O.C18H22Cl3N3O2.C18H23Cl2N3O2.C17H22FN3O/c1-21(2,3)27-17-12-15(30-19(23)24)10-11-16(17)25-20(27)26-18(28)13-22(4,29)14-8-6-5-7-9-14;1-17(2,3)27-13-6-10(9-24)5-12(20)15(13)26-16(27)25-14(28)7-11-8-19(22,23)18(11,4)21;1-18(2,3)8-10(25)22-17-23-14-12(20)11(19)13(21)16(26-4)15(14)24(17)9-6-5-7-9;1-18(2,3)9-13(24)21-17-22-14-11(19)8-12(20)16(25-4)15(14)23(17)10-6-5-7-10;1-17(2,3)10-15(22)20-16-19-13-8-7-11(18)9-14(13)21(16)12-5-4-6-12/h5-12,19,29H,13H2,1-4H3,(H,25,26,28);5-6,11H,7-8H2,1-4H3,(H,25,26,28);9H,5-8H2,1-4H3,(H,22,23,25);8,10H,5-7,9H2,1-4H3,(H,21,22,24);7-9,12H,4-6,10H2,1-3H3,(H,19,20,22).